The van der Waals surface area contributed by atoms with Crippen LogP contribution in [0.3, 0.4) is 0 Å². The number of nitrogens with two attached hydrogens (primary N) is 1. The van der Waals surface area contributed by atoms with E-state index in [1.54, 1.807) is 12.4 Å². The third-order valence-corrected chi connectivity index (χ3v) is 3.00. The highest BCUT2D eigenvalue weighted by Gasteiger charge is 2.26. The van der Waals surface area contributed by atoms with Crippen LogP contribution in [-0.2, 0) is 6.54 Å². The third-order valence-electron chi connectivity index (χ3n) is 2.81. The van der Waals surface area contributed by atoms with Crippen molar-refractivity contribution in [3.8, 4) is 0 Å². The summed E-state index contributed by atoms with van der Waals surface area (Å²) in [6.07, 6.45) is 3.30. The molecule has 1 aliphatic rings. The molecule has 0 bridgehead atoms. The van der Waals surface area contributed by atoms with Crippen LogP contribution >= 0.6 is 11.6 Å². The van der Waals surface area contributed by atoms with E-state index < -0.39 is 0 Å². The van der Waals surface area contributed by atoms with Crippen LogP contribution in [0.4, 0.5) is 0 Å². The first-order chi connectivity index (χ1) is 7.15. The molecule has 2 rings (SSSR count). The zero-order valence-corrected chi connectivity index (χ0v) is 9.48. The third kappa shape index (κ3) is 2.65. The van der Waals surface area contributed by atoms with Crippen molar-refractivity contribution < 1.29 is 0 Å². The fourth-order valence-corrected chi connectivity index (χ4v) is 1.97. The second kappa shape index (κ2) is 4.43. The van der Waals surface area contributed by atoms with Crippen LogP contribution in [0.15, 0.2) is 12.4 Å². The Morgan fingerprint density at radius 3 is 2.80 bits per heavy atom. The lowest BCUT2D eigenvalue weighted by molar-refractivity contribution is 0.314. The molecule has 2 unspecified atom stereocenters. The highest BCUT2D eigenvalue weighted by molar-refractivity contribution is 6.29. The van der Waals surface area contributed by atoms with Gasteiger partial charge in [-0.2, -0.15) is 0 Å². The molecule has 1 aromatic rings. The summed E-state index contributed by atoms with van der Waals surface area (Å²) >= 11 is 5.67. The van der Waals surface area contributed by atoms with Crippen molar-refractivity contribution >= 4 is 11.6 Å². The summed E-state index contributed by atoms with van der Waals surface area (Å²) in [4.78, 5) is 10.5. The van der Waals surface area contributed by atoms with E-state index in [0.717, 1.165) is 25.3 Å². The van der Waals surface area contributed by atoms with Crippen LogP contribution in [0.2, 0.25) is 5.15 Å². The molecule has 1 saturated heterocycles. The molecule has 0 saturated carbocycles. The van der Waals surface area contributed by atoms with Gasteiger partial charge in [-0.05, 0) is 5.92 Å². The van der Waals surface area contributed by atoms with Gasteiger partial charge in [0.1, 0.15) is 5.15 Å². The molecule has 2 heterocycles. The van der Waals surface area contributed by atoms with Crippen molar-refractivity contribution in [3.63, 3.8) is 0 Å². The topological polar surface area (TPSA) is 55.0 Å². The molecular formula is C10H15ClN4. The Balaban J connectivity index is 1.95. The lowest BCUT2D eigenvalue weighted by atomic mass is 10.1. The quantitative estimate of drug-likeness (QED) is 0.815. The second-order valence-electron chi connectivity index (χ2n) is 4.17. The first-order valence-corrected chi connectivity index (χ1v) is 5.47. The van der Waals surface area contributed by atoms with E-state index in [9.17, 15) is 0 Å². The second-order valence-corrected chi connectivity index (χ2v) is 4.55. The molecule has 2 N–H and O–H groups in total. The van der Waals surface area contributed by atoms with E-state index in [1.165, 1.54) is 0 Å². The number of hydrogen-bond donors (Lipinski definition) is 1. The number of nitrogens with zero attached hydrogens (tertiary/aromatic N) is 3. The Kier molecular flexibility index (Phi) is 3.19. The van der Waals surface area contributed by atoms with E-state index in [-0.39, 0.29) is 6.04 Å². The van der Waals surface area contributed by atoms with Crippen LogP contribution < -0.4 is 5.73 Å². The van der Waals surface area contributed by atoms with Crippen molar-refractivity contribution in [2.75, 3.05) is 13.1 Å². The van der Waals surface area contributed by atoms with Crippen LogP contribution in [0, 0.1) is 5.92 Å². The highest BCUT2D eigenvalue weighted by atomic mass is 35.5. The summed E-state index contributed by atoms with van der Waals surface area (Å²) in [5.41, 5.74) is 6.89. The Labute approximate surface area is 94.5 Å². The van der Waals surface area contributed by atoms with E-state index in [1.807, 2.05) is 0 Å². The minimum Gasteiger partial charge on any atom is -0.326 e. The standard InChI is InChI=1S/C10H15ClN4/c1-7-4-15(6-9(7)12)5-8-2-14-10(11)3-13-8/h2-3,7,9H,4-6,12H2,1H3. The Morgan fingerprint density at radius 1 is 1.47 bits per heavy atom. The molecule has 4 nitrogen and oxygen atoms in total. The van der Waals surface area contributed by atoms with Crippen molar-refractivity contribution in [1.82, 2.24) is 14.9 Å². The molecule has 1 aromatic heterocycles. The van der Waals surface area contributed by atoms with Gasteiger partial charge in [0, 0.05) is 25.7 Å². The fraction of sp³-hybridized carbons (Fsp3) is 0.600. The van der Waals surface area contributed by atoms with E-state index in [4.69, 9.17) is 17.3 Å². The monoisotopic (exact) mass is 226 g/mol. The minimum atomic E-state index is 0.283. The van der Waals surface area contributed by atoms with Gasteiger partial charge in [0.15, 0.2) is 0 Å². The molecular weight excluding hydrogens is 212 g/mol. The minimum absolute atomic E-state index is 0.283. The summed E-state index contributed by atoms with van der Waals surface area (Å²) in [6.45, 7) is 4.96. The van der Waals surface area contributed by atoms with Gasteiger partial charge in [-0.1, -0.05) is 18.5 Å². The van der Waals surface area contributed by atoms with Crippen molar-refractivity contribution in [2.24, 2.45) is 11.7 Å². The Bertz CT molecular complexity index is 317. The molecule has 82 valence electrons. The lowest BCUT2D eigenvalue weighted by Gasteiger charge is -2.13. The van der Waals surface area contributed by atoms with Crippen LogP contribution in [0.5, 0.6) is 0 Å². The van der Waals surface area contributed by atoms with Gasteiger partial charge < -0.3 is 5.73 Å². The molecule has 0 radical (unpaired) electrons. The zero-order chi connectivity index (χ0) is 10.8. The SMILES string of the molecule is CC1CN(Cc2cnc(Cl)cn2)CC1N. The van der Waals surface area contributed by atoms with Gasteiger partial charge in [-0.25, -0.2) is 4.98 Å². The van der Waals surface area contributed by atoms with Gasteiger partial charge in [-0.3, -0.25) is 9.88 Å². The number of halogens is 1. The van der Waals surface area contributed by atoms with Crippen molar-refractivity contribution in [1.29, 1.82) is 0 Å². The molecule has 0 aromatic carbocycles. The lowest BCUT2D eigenvalue weighted by Crippen LogP contribution is -2.28. The zero-order valence-electron chi connectivity index (χ0n) is 8.73. The molecule has 0 aliphatic carbocycles. The maximum Gasteiger partial charge on any atom is 0.147 e. The normalized spacial score (nSPS) is 27.1. The van der Waals surface area contributed by atoms with Gasteiger partial charge >= 0.3 is 0 Å². The van der Waals surface area contributed by atoms with E-state index in [2.05, 4.69) is 21.8 Å². The largest absolute Gasteiger partial charge is 0.326 e. The highest BCUT2D eigenvalue weighted by Crippen LogP contribution is 2.16. The predicted molar refractivity (Wildman–Crippen MR) is 59.5 cm³/mol. The smallest absolute Gasteiger partial charge is 0.147 e. The number of likely N-dealkylation sites (tertiary alicyclic amines) is 1. The number of aromatic nitrogens is 2. The van der Waals surface area contributed by atoms with Gasteiger partial charge in [0.2, 0.25) is 0 Å². The molecule has 1 aliphatic heterocycles. The van der Waals surface area contributed by atoms with Gasteiger partial charge in [0.05, 0.1) is 18.1 Å². The molecule has 1 fully saturated rings. The molecule has 15 heavy (non-hydrogen) atoms. The number of hydrogen-bond acceptors (Lipinski definition) is 4. The van der Waals surface area contributed by atoms with Crippen LogP contribution in [0.25, 0.3) is 0 Å². The maximum atomic E-state index is 5.95. The molecule has 0 spiro atoms. The number of rotatable bonds is 2. The van der Waals surface area contributed by atoms with Gasteiger partial charge in [-0.15, -0.1) is 0 Å². The molecule has 5 heteroatoms. The maximum absolute atomic E-state index is 5.95. The first kappa shape index (κ1) is 10.8. The summed E-state index contributed by atoms with van der Waals surface area (Å²) in [7, 11) is 0. The Morgan fingerprint density at radius 2 is 2.27 bits per heavy atom. The Hall–Kier alpha value is -0.710. The fourth-order valence-electron chi connectivity index (χ4n) is 1.87. The van der Waals surface area contributed by atoms with Crippen molar-refractivity contribution in [3.05, 3.63) is 23.2 Å². The van der Waals surface area contributed by atoms with Gasteiger partial charge in [0.25, 0.3) is 0 Å². The van der Waals surface area contributed by atoms with Crippen LogP contribution in [0.1, 0.15) is 12.6 Å². The van der Waals surface area contributed by atoms with Crippen LogP contribution in [-0.4, -0.2) is 34.0 Å². The molecule has 2 atom stereocenters. The average Bonchev–Trinajstić information content (AvgIpc) is 2.50. The first-order valence-electron chi connectivity index (χ1n) is 5.09. The van der Waals surface area contributed by atoms with Crippen molar-refractivity contribution in [2.45, 2.75) is 19.5 Å². The summed E-state index contributed by atoms with van der Waals surface area (Å²) in [5, 5.41) is 0.435. The summed E-state index contributed by atoms with van der Waals surface area (Å²) in [5.74, 6) is 0.560. The summed E-state index contributed by atoms with van der Waals surface area (Å²) < 4.78 is 0. The van der Waals surface area contributed by atoms with E-state index in [0.29, 0.717) is 11.1 Å². The van der Waals surface area contributed by atoms with E-state index >= 15 is 0 Å². The summed E-state index contributed by atoms with van der Waals surface area (Å²) in [6, 6.07) is 0.283. The predicted octanol–water partition coefficient (Wildman–Crippen LogP) is 0.909. The molecule has 0 amide bonds. The average molecular weight is 227 g/mol.